The lowest BCUT2D eigenvalue weighted by Gasteiger charge is -2.32. The molecule has 0 saturated carbocycles. The molecule has 0 aromatic heterocycles. The van der Waals surface area contributed by atoms with Gasteiger partial charge < -0.3 is 15.0 Å². The molecule has 1 heterocycles. The molecule has 1 atom stereocenters. The first kappa shape index (κ1) is 23.6. The minimum atomic E-state index is -0.510. The molecule has 2 amide bonds. The lowest BCUT2D eigenvalue weighted by Crippen LogP contribution is -2.38. The zero-order chi connectivity index (χ0) is 23.6. The molecule has 174 valence electrons. The fourth-order valence-electron chi connectivity index (χ4n) is 4.58. The molecule has 1 unspecified atom stereocenters. The largest absolute Gasteiger partial charge is 0.444 e. The molecule has 1 saturated heterocycles. The van der Waals surface area contributed by atoms with E-state index < -0.39 is 11.7 Å². The van der Waals surface area contributed by atoms with Crippen LogP contribution in [0.25, 0.3) is 0 Å². The van der Waals surface area contributed by atoms with E-state index in [1.807, 2.05) is 56.0 Å². The van der Waals surface area contributed by atoms with E-state index in [0.29, 0.717) is 12.5 Å². The number of halogens is 1. The number of fused-ring (bicyclic) bond motifs is 1. The monoisotopic (exact) mass is 510 g/mol. The summed E-state index contributed by atoms with van der Waals surface area (Å²) in [6, 6.07) is 8.35. The lowest BCUT2D eigenvalue weighted by atomic mass is 9.88. The highest BCUT2D eigenvalue weighted by atomic mass is 79.9. The van der Waals surface area contributed by atoms with Crippen LogP contribution in [0.3, 0.4) is 0 Å². The van der Waals surface area contributed by atoms with Crippen molar-refractivity contribution in [3.05, 3.63) is 75.0 Å². The van der Waals surface area contributed by atoms with Crippen LogP contribution in [0.4, 0.5) is 4.79 Å². The third-order valence-corrected chi connectivity index (χ3v) is 7.06. The second-order valence-corrected chi connectivity index (χ2v) is 10.8. The van der Waals surface area contributed by atoms with Gasteiger partial charge in [-0.1, -0.05) is 58.4 Å². The first-order valence-electron chi connectivity index (χ1n) is 11.6. The molecular weight excluding hydrogens is 480 g/mol. The Labute approximate surface area is 204 Å². The molecule has 1 aromatic rings. The molecule has 6 heteroatoms. The van der Waals surface area contributed by atoms with Gasteiger partial charge >= 0.3 is 6.09 Å². The van der Waals surface area contributed by atoms with Crippen LogP contribution >= 0.6 is 15.9 Å². The van der Waals surface area contributed by atoms with Gasteiger partial charge in [0.15, 0.2) is 0 Å². The second-order valence-electron chi connectivity index (χ2n) is 9.89. The summed E-state index contributed by atoms with van der Waals surface area (Å²) in [5.41, 5.74) is 7.04. The first-order valence-corrected chi connectivity index (χ1v) is 12.4. The van der Waals surface area contributed by atoms with Crippen LogP contribution in [0.1, 0.15) is 57.1 Å². The fourth-order valence-corrected chi connectivity index (χ4v) is 5.14. The molecule has 1 aromatic carbocycles. The molecule has 0 spiro atoms. The summed E-state index contributed by atoms with van der Waals surface area (Å²) in [5.74, 6) is 0.775. The zero-order valence-electron chi connectivity index (χ0n) is 19.5. The molecule has 1 fully saturated rings. The molecule has 3 aliphatic rings. The Morgan fingerprint density at radius 2 is 2.00 bits per heavy atom. The summed E-state index contributed by atoms with van der Waals surface area (Å²) in [6.07, 6.45) is 8.28. The van der Waals surface area contributed by atoms with Crippen molar-refractivity contribution in [3.8, 4) is 0 Å². The van der Waals surface area contributed by atoms with Crippen LogP contribution in [0.2, 0.25) is 0 Å². The average Bonchev–Trinajstić information content (AvgIpc) is 3.22. The van der Waals surface area contributed by atoms with E-state index in [1.54, 1.807) is 0 Å². The van der Waals surface area contributed by atoms with Gasteiger partial charge in [-0.2, -0.15) is 0 Å². The van der Waals surface area contributed by atoms with Crippen molar-refractivity contribution in [2.45, 2.75) is 58.1 Å². The zero-order valence-corrected chi connectivity index (χ0v) is 21.1. The number of ether oxygens (including phenoxy) is 1. The van der Waals surface area contributed by atoms with E-state index in [0.717, 1.165) is 53.5 Å². The van der Waals surface area contributed by atoms with Crippen molar-refractivity contribution in [2.75, 3.05) is 13.1 Å². The minimum Gasteiger partial charge on any atom is -0.444 e. The maximum atomic E-state index is 13.1. The molecule has 33 heavy (non-hydrogen) atoms. The Kier molecular flexibility index (Phi) is 6.96. The Morgan fingerprint density at radius 3 is 2.70 bits per heavy atom. The summed E-state index contributed by atoms with van der Waals surface area (Å²) in [4.78, 5) is 27.0. The van der Waals surface area contributed by atoms with E-state index in [9.17, 15) is 9.59 Å². The van der Waals surface area contributed by atoms with Gasteiger partial charge in [-0.3, -0.25) is 4.79 Å². The average molecular weight is 511 g/mol. The number of amides is 2. The lowest BCUT2D eigenvalue weighted by molar-refractivity contribution is -0.128. The highest BCUT2D eigenvalue weighted by Crippen LogP contribution is 2.39. The minimum absolute atomic E-state index is 0.124. The van der Waals surface area contributed by atoms with Crippen molar-refractivity contribution < 1.29 is 14.3 Å². The second kappa shape index (κ2) is 9.74. The Bertz CT molecular complexity index is 1070. The van der Waals surface area contributed by atoms with Crippen molar-refractivity contribution in [1.82, 2.24) is 10.2 Å². The maximum Gasteiger partial charge on any atom is 0.407 e. The number of rotatable bonds is 4. The Hall–Kier alpha value is -2.56. The standard InChI is InChI=1S/C27H31BrN2O3/c1-27(2,3)33-26(32)29-17-18-6-4-7-20(14-18)19-10-12-30(13-11-19)25(31)22-15-21-8-5-9-24(28)23(21)16-22/h4-9,14,19,23H,10-13,16-17H2,1-3H3,(H,29,32). The van der Waals surface area contributed by atoms with Gasteiger partial charge in [0.25, 0.3) is 5.91 Å². The van der Waals surface area contributed by atoms with Gasteiger partial charge in [0, 0.05) is 35.6 Å². The molecule has 5 nitrogen and oxygen atoms in total. The molecule has 1 N–H and O–H groups in total. The topological polar surface area (TPSA) is 58.6 Å². The Balaban J connectivity index is 1.31. The van der Waals surface area contributed by atoms with Crippen LogP contribution in [-0.4, -0.2) is 35.6 Å². The molecule has 1 aliphatic heterocycles. The molecule has 0 radical (unpaired) electrons. The molecular formula is C27H31BrN2O3. The number of carbonyl (C=O) groups is 2. The highest BCUT2D eigenvalue weighted by molar-refractivity contribution is 9.11. The smallest absolute Gasteiger partial charge is 0.407 e. The summed E-state index contributed by atoms with van der Waals surface area (Å²) in [7, 11) is 0. The quantitative estimate of drug-likeness (QED) is 0.525. The number of hydrogen-bond donors (Lipinski definition) is 1. The predicted octanol–water partition coefficient (Wildman–Crippen LogP) is 5.74. The SMILES string of the molecule is CC(C)(C)OC(=O)NCc1cccc(C2CCN(C(=O)C3=C=C4C=CC=C(Br)C4C3)CC2)c1. The molecule has 2 aliphatic carbocycles. The fraction of sp³-hybridized carbons (Fsp3) is 0.444. The van der Waals surface area contributed by atoms with Gasteiger partial charge in [0.2, 0.25) is 0 Å². The van der Waals surface area contributed by atoms with Crippen molar-refractivity contribution in [3.63, 3.8) is 0 Å². The normalized spacial score (nSPS) is 20.5. The van der Waals surface area contributed by atoms with Crippen LogP contribution in [-0.2, 0) is 16.1 Å². The number of nitrogens with one attached hydrogen (secondary N) is 1. The molecule has 4 rings (SSSR count). The van der Waals surface area contributed by atoms with Crippen LogP contribution in [0.15, 0.2) is 63.9 Å². The number of hydrogen-bond acceptors (Lipinski definition) is 3. The van der Waals surface area contributed by atoms with Crippen LogP contribution in [0.5, 0.6) is 0 Å². The van der Waals surface area contributed by atoms with Gasteiger partial charge in [-0.05, 0) is 57.1 Å². The number of piperidine rings is 1. The number of benzene rings is 1. The number of likely N-dealkylation sites (tertiary alicyclic amines) is 1. The van der Waals surface area contributed by atoms with E-state index in [-0.39, 0.29) is 11.8 Å². The van der Waals surface area contributed by atoms with Gasteiger partial charge in [0.1, 0.15) is 5.60 Å². The predicted molar refractivity (Wildman–Crippen MR) is 133 cm³/mol. The third-order valence-electron chi connectivity index (χ3n) is 6.24. The summed E-state index contributed by atoms with van der Waals surface area (Å²) in [5, 5.41) is 2.83. The third kappa shape index (κ3) is 5.87. The summed E-state index contributed by atoms with van der Waals surface area (Å²) < 4.78 is 6.43. The van der Waals surface area contributed by atoms with Crippen molar-refractivity contribution in [1.29, 1.82) is 0 Å². The van der Waals surface area contributed by atoms with Gasteiger partial charge in [-0.25, -0.2) is 4.79 Å². The van der Waals surface area contributed by atoms with Gasteiger partial charge in [0.05, 0.1) is 5.57 Å². The number of allylic oxidation sites excluding steroid dienone is 4. The van der Waals surface area contributed by atoms with Crippen LogP contribution in [0, 0.1) is 5.92 Å². The van der Waals surface area contributed by atoms with Crippen molar-refractivity contribution >= 4 is 27.9 Å². The summed E-state index contributed by atoms with van der Waals surface area (Å²) >= 11 is 3.62. The van der Waals surface area contributed by atoms with Gasteiger partial charge in [-0.15, -0.1) is 5.73 Å². The highest BCUT2D eigenvalue weighted by Gasteiger charge is 2.31. The van der Waals surface area contributed by atoms with E-state index in [1.165, 1.54) is 5.56 Å². The van der Waals surface area contributed by atoms with Crippen molar-refractivity contribution in [2.24, 2.45) is 5.92 Å². The Morgan fingerprint density at radius 1 is 1.24 bits per heavy atom. The van der Waals surface area contributed by atoms with Crippen LogP contribution < -0.4 is 5.32 Å². The summed E-state index contributed by atoms with van der Waals surface area (Å²) in [6.45, 7) is 7.49. The number of nitrogens with zero attached hydrogens (tertiary/aromatic N) is 1. The van der Waals surface area contributed by atoms with E-state index in [4.69, 9.17) is 4.74 Å². The molecule has 0 bridgehead atoms. The number of alkyl carbamates (subject to hydrolysis) is 1. The number of carbonyl (C=O) groups excluding carboxylic acids is 2. The first-order chi connectivity index (χ1) is 15.7. The van der Waals surface area contributed by atoms with E-state index >= 15 is 0 Å². The maximum absolute atomic E-state index is 13.1. The van der Waals surface area contributed by atoms with E-state index in [2.05, 4.69) is 39.1 Å².